The third-order valence-corrected chi connectivity index (χ3v) is 1.68. The summed E-state index contributed by atoms with van der Waals surface area (Å²) in [5, 5.41) is 0. The molecule has 0 aromatic rings. The van der Waals surface area contributed by atoms with Gasteiger partial charge < -0.3 is 21.0 Å². The van der Waals surface area contributed by atoms with Gasteiger partial charge >= 0.3 is 29.6 Å². The standard InChI is InChI=1S/C4H10O2S2.Na.3H2O.H/c5-8(6)4-2-1-3-7;;;;;/h7H,1-4H2,(H,5,6);;3*1H2;. The first-order valence-electron chi connectivity index (χ1n) is 2.45. The quantitative estimate of drug-likeness (QED) is 0.246. The zero-order valence-electron chi connectivity index (χ0n) is 6.04. The van der Waals surface area contributed by atoms with Crippen molar-refractivity contribution in [2.45, 2.75) is 12.8 Å². The van der Waals surface area contributed by atoms with Crippen molar-refractivity contribution in [1.82, 2.24) is 0 Å². The van der Waals surface area contributed by atoms with Crippen LogP contribution < -0.4 is 0 Å². The Morgan fingerprint density at radius 2 is 1.58 bits per heavy atom. The van der Waals surface area contributed by atoms with E-state index in [0.717, 1.165) is 18.6 Å². The molecule has 0 aliphatic carbocycles. The number of hydrogen-bond acceptors (Lipinski definition) is 2. The summed E-state index contributed by atoms with van der Waals surface area (Å²) < 4.78 is 18.2. The summed E-state index contributed by atoms with van der Waals surface area (Å²) >= 11 is 2.34. The Bertz CT molecular complexity index is 83.8. The summed E-state index contributed by atoms with van der Waals surface area (Å²) in [6, 6.07) is 0. The monoisotopic (exact) mass is 232 g/mol. The number of hydrogen-bond donors (Lipinski definition) is 2. The van der Waals surface area contributed by atoms with Gasteiger partial charge in [0.25, 0.3) is 0 Å². The zero-order valence-corrected chi connectivity index (χ0v) is 7.75. The second-order valence-electron chi connectivity index (χ2n) is 1.46. The summed E-state index contributed by atoms with van der Waals surface area (Å²) in [4.78, 5) is 0. The van der Waals surface area contributed by atoms with Crippen LogP contribution >= 0.6 is 12.6 Å². The molecule has 1 unspecified atom stereocenters. The number of rotatable bonds is 4. The first kappa shape index (κ1) is 29.2. The summed E-state index contributed by atoms with van der Waals surface area (Å²) in [5.41, 5.74) is 0. The van der Waals surface area contributed by atoms with E-state index in [0.29, 0.717) is 5.75 Å². The van der Waals surface area contributed by atoms with Crippen molar-refractivity contribution >= 4 is 53.3 Å². The number of unbranched alkanes of at least 4 members (excludes halogenated alkanes) is 1. The Hall–Kier alpha value is 1.34. The molecule has 1 atom stereocenters. The van der Waals surface area contributed by atoms with Crippen LogP contribution in [0.3, 0.4) is 0 Å². The van der Waals surface area contributed by atoms with Crippen LogP contribution in [-0.2, 0) is 11.1 Å². The van der Waals surface area contributed by atoms with E-state index in [1.807, 2.05) is 0 Å². The van der Waals surface area contributed by atoms with Crippen LogP contribution in [0.5, 0.6) is 0 Å². The molecular formula is C4H17NaO5S2. The fourth-order valence-corrected chi connectivity index (χ4v) is 1.01. The third kappa shape index (κ3) is 30.2. The van der Waals surface area contributed by atoms with Gasteiger partial charge in [-0.1, -0.05) is 0 Å². The van der Waals surface area contributed by atoms with Crippen LogP contribution in [0.15, 0.2) is 0 Å². The number of thiol groups is 1. The molecule has 0 saturated heterocycles. The Labute approximate surface area is 102 Å². The molecule has 0 aromatic heterocycles. The molecule has 76 valence electrons. The predicted octanol–water partition coefficient (Wildman–Crippen LogP) is -2.20. The normalized spacial score (nSPS) is 9.17. The predicted molar refractivity (Wildman–Crippen MR) is 56.7 cm³/mol. The van der Waals surface area contributed by atoms with Crippen LogP contribution in [0.1, 0.15) is 12.8 Å². The van der Waals surface area contributed by atoms with Crippen molar-refractivity contribution in [2.24, 2.45) is 0 Å². The summed E-state index contributed by atoms with van der Waals surface area (Å²) in [5.74, 6) is 1.19. The second-order valence-corrected chi connectivity index (χ2v) is 2.95. The summed E-state index contributed by atoms with van der Waals surface area (Å²) in [7, 11) is 0. The average Bonchev–Trinajstić information content (AvgIpc) is 1.66. The van der Waals surface area contributed by atoms with E-state index in [1.54, 1.807) is 0 Å². The van der Waals surface area contributed by atoms with Crippen molar-refractivity contribution in [3.05, 3.63) is 0 Å². The molecule has 8 heteroatoms. The van der Waals surface area contributed by atoms with Gasteiger partial charge in [0.05, 0.1) is 0 Å². The minimum atomic E-state index is -1.60. The minimum absolute atomic E-state index is 0. The van der Waals surface area contributed by atoms with Gasteiger partial charge in [0.1, 0.15) is 0 Å². The maximum absolute atomic E-state index is 9.96. The first-order chi connectivity index (χ1) is 3.77. The summed E-state index contributed by atoms with van der Waals surface area (Å²) in [6.07, 6.45) is 1.72. The molecule has 0 radical (unpaired) electrons. The molecule has 0 aliphatic heterocycles. The maximum atomic E-state index is 9.96. The Balaban J connectivity index is -0.0000000408. The third-order valence-electron chi connectivity index (χ3n) is 0.727. The molecule has 0 aromatic carbocycles. The fraction of sp³-hybridized carbons (Fsp3) is 1.00. The average molecular weight is 232 g/mol. The molecule has 0 heterocycles. The van der Waals surface area contributed by atoms with Crippen molar-refractivity contribution in [2.75, 3.05) is 11.5 Å². The molecule has 0 rings (SSSR count). The molecule has 0 spiro atoms. The van der Waals surface area contributed by atoms with Crippen molar-refractivity contribution in [3.8, 4) is 0 Å². The van der Waals surface area contributed by atoms with Gasteiger partial charge in [-0.2, -0.15) is 12.6 Å². The molecular weight excluding hydrogens is 215 g/mol. The molecule has 12 heavy (non-hydrogen) atoms. The van der Waals surface area contributed by atoms with Crippen molar-refractivity contribution < 1.29 is 25.2 Å². The fourth-order valence-electron chi connectivity index (χ4n) is 0.337. The van der Waals surface area contributed by atoms with E-state index in [-0.39, 0.29) is 46.0 Å². The van der Waals surface area contributed by atoms with Gasteiger partial charge in [0.15, 0.2) is 11.1 Å². The van der Waals surface area contributed by atoms with Crippen molar-refractivity contribution in [1.29, 1.82) is 0 Å². The van der Waals surface area contributed by atoms with Gasteiger partial charge in [-0.25, -0.2) is 4.21 Å². The van der Waals surface area contributed by atoms with E-state index in [4.69, 9.17) is 4.55 Å². The Morgan fingerprint density at radius 1 is 1.17 bits per heavy atom. The van der Waals surface area contributed by atoms with E-state index < -0.39 is 11.1 Å². The first-order valence-corrected chi connectivity index (χ1v) is 4.36. The van der Waals surface area contributed by atoms with E-state index in [9.17, 15) is 4.21 Å². The van der Waals surface area contributed by atoms with E-state index in [1.165, 1.54) is 0 Å². The molecule has 0 fully saturated rings. The van der Waals surface area contributed by atoms with Crippen LogP contribution in [0.2, 0.25) is 0 Å². The van der Waals surface area contributed by atoms with Crippen molar-refractivity contribution in [3.63, 3.8) is 0 Å². The van der Waals surface area contributed by atoms with Crippen LogP contribution in [0.4, 0.5) is 0 Å². The second kappa shape index (κ2) is 22.8. The molecule has 5 nitrogen and oxygen atoms in total. The van der Waals surface area contributed by atoms with Gasteiger partial charge in [-0.3, -0.25) is 0 Å². The Kier molecular flexibility index (Phi) is 55.5. The zero-order chi connectivity index (χ0) is 6.41. The van der Waals surface area contributed by atoms with Gasteiger partial charge in [0, 0.05) is 5.75 Å². The molecule has 0 amide bonds. The molecule has 0 saturated carbocycles. The van der Waals surface area contributed by atoms with Gasteiger partial charge in [-0.15, -0.1) is 0 Å². The molecule has 7 N–H and O–H groups in total. The van der Waals surface area contributed by atoms with E-state index >= 15 is 0 Å². The summed E-state index contributed by atoms with van der Waals surface area (Å²) in [6.45, 7) is 0. The molecule has 0 bridgehead atoms. The SMILES string of the molecule is O.O.O.O=S(O)CCCCS.[NaH]. The van der Waals surface area contributed by atoms with E-state index in [2.05, 4.69) is 12.6 Å². The molecule has 0 aliphatic rings. The van der Waals surface area contributed by atoms with Crippen LogP contribution in [0, 0.1) is 0 Å². The topological polar surface area (TPSA) is 132 Å². The van der Waals surface area contributed by atoms with Crippen LogP contribution in [-0.4, -0.2) is 66.3 Å². The van der Waals surface area contributed by atoms with Crippen LogP contribution in [0.25, 0.3) is 0 Å². The Morgan fingerprint density at radius 3 is 1.83 bits per heavy atom. The van der Waals surface area contributed by atoms with Gasteiger partial charge in [-0.05, 0) is 18.6 Å². The van der Waals surface area contributed by atoms with Gasteiger partial charge in [0.2, 0.25) is 0 Å².